The van der Waals surface area contributed by atoms with E-state index in [1.54, 1.807) is 36.8 Å². The van der Waals surface area contributed by atoms with Crippen molar-refractivity contribution in [1.29, 1.82) is 0 Å². The zero-order valence-electron chi connectivity index (χ0n) is 7.84. The molecule has 0 atom stereocenters. The van der Waals surface area contributed by atoms with Crippen molar-refractivity contribution in [2.45, 2.75) is 0 Å². The summed E-state index contributed by atoms with van der Waals surface area (Å²) >= 11 is 0. The van der Waals surface area contributed by atoms with E-state index in [9.17, 15) is 4.79 Å². The zero-order valence-corrected chi connectivity index (χ0v) is 6.84. The highest BCUT2D eigenvalue weighted by Gasteiger charge is 1.95. The van der Waals surface area contributed by atoms with Gasteiger partial charge in [-0.2, -0.15) is 0 Å². The molecule has 3 heteroatoms. The summed E-state index contributed by atoms with van der Waals surface area (Å²) in [6.07, 6.45) is 4.84. The smallest absolute Gasteiger partial charge is 0.255 e. The molecule has 3 nitrogen and oxygen atoms in total. The van der Waals surface area contributed by atoms with Crippen LogP contribution in [0.5, 0.6) is 0 Å². The molecule has 0 aromatic carbocycles. The van der Waals surface area contributed by atoms with Crippen LogP contribution in [0.1, 0.15) is 1.37 Å². The predicted octanol–water partition coefficient (Wildman–Crippen LogP) is 1.23. The molecular formula is C10H8N2O. The molecule has 2 heterocycles. The van der Waals surface area contributed by atoms with Crippen LogP contribution in [0.15, 0.2) is 53.7 Å². The Hall–Kier alpha value is -1.90. The number of rotatable bonds is 1. The van der Waals surface area contributed by atoms with E-state index < -0.39 is 0 Å². The van der Waals surface area contributed by atoms with Gasteiger partial charge in [-0.1, -0.05) is 6.07 Å². The second-order valence-corrected chi connectivity index (χ2v) is 2.54. The summed E-state index contributed by atoms with van der Waals surface area (Å²) in [6, 6.07) is 6.63. The second-order valence-electron chi connectivity index (χ2n) is 2.54. The summed E-state index contributed by atoms with van der Waals surface area (Å²) in [5, 5.41) is 0. The highest BCUT2D eigenvalue weighted by molar-refractivity contribution is 5.27. The SMILES string of the molecule is [2H]c1cccn(-c2cccnc2)c1=O. The summed E-state index contributed by atoms with van der Waals surface area (Å²) < 4.78 is 8.75. The minimum absolute atomic E-state index is 0.0173. The molecule has 0 spiro atoms. The van der Waals surface area contributed by atoms with Crippen molar-refractivity contribution in [3.63, 3.8) is 0 Å². The average Bonchev–Trinajstić information content (AvgIpc) is 2.23. The lowest BCUT2D eigenvalue weighted by molar-refractivity contribution is 0.978. The van der Waals surface area contributed by atoms with E-state index in [0.717, 1.165) is 0 Å². The maximum Gasteiger partial charge on any atom is 0.255 e. The highest BCUT2D eigenvalue weighted by atomic mass is 16.1. The van der Waals surface area contributed by atoms with Crippen LogP contribution in [0.25, 0.3) is 5.69 Å². The van der Waals surface area contributed by atoms with Gasteiger partial charge in [-0.3, -0.25) is 14.3 Å². The average molecular weight is 173 g/mol. The minimum atomic E-state index is -0.333. The highest BCUT2D eigenvalue weighted by Crippen LogP contribution is 1.99. The number of aromatic nitrogens is 2. The topological polar surface area (TPSA) is 34.9 Å². The van der Waals surface area contributed by atoms with Crippen molar-refractivity contribution in [2.24, 2.45) is 0 Å². The van der Waals surface area contributed by atoms with Crippen LogP contribution in [-0.4, -0.2) is 9.55 Å². The van der Waals surface area contributed by atoms with Gasteiger partial charge < -0.3 is 0 Å². The first-order valence-electron chi connectivity index (χ1n) is 4.38. The number of hydrogen-bond acceptors (Lipinski definition) is 2. The molecule has 64 valence electrons. The molecule has 0 N–H and O–H groups in total. The molecule has 2 rings (SSSR count). The first-order valence-corrected chi connectivity index (χ1v) is 3.88. The van der Waals surface area contributed by atoms with Gasteiger partial charge in [0, 0.05) is 18.4 Å². The van der Waals surface area contributed by atoms with E-state index >= 15 is 0 Å². The maximum atomic E-state index is 11.5. The molecule has 0 radical (unpaired) electrons. The molecule has 13 heavy (non-hydrogen) atoms. The molecule has 0 saturated carbocycles. The van der Waals surface area contributed by atoms with Crippen molar-refractivity contribution >= 4 is 0 Å². The fourth-order valence-electron chi connectivity index (χ4n) is 1.09. The Balaban J connectivity index is 2.64. The fourth-order valence-corrected chi connectivity index (χ4v) is 1.09. The van der Waals surface area contributed by atoms with Crippen molar-refractivity contribution in [3.05, 3.63) is 59.3 Å². The van der Waals surface area contributed by atoms with Gasteiger partial charge in [0.05, 0.1) is 13.3 Å². The monoisotopic (exact) mass is 173 g/mol. The third-order valence-electron chi connectivity index (χ3n) is 1.68. The van der Waals surface area contributed by atoms with Crippen LogP contribution < -0.4 is 5.56 Å². The Kier molecular flexibility index (Phi) is 1.64. The van der Waals surface area contributed by atoms with E-state index in [0.29, 0.717) is 5.69 Å². The van der Waals surface area contributed by atoms with Gasteiger partial charge in [-0.25, -0.2) is 0 Å². The second kappa shape index (κ2) is 3.23. The molecule has 2 aromatic heterocycles. The Morgan fingerprint density at radius 1 is 1.38 bits per heavy atom. The minimum Gasteiger partial charge on any atom is -0.283 e. The third kappa shape index (κ3) is 1.49. The van der Waals surface area contributed by atoms with Crippen LogP contribution >= 0.6 is 0 Å². The Bertz CT molecular complexity index is 493. The summed E-state index contributed by atoms with van der Waals surface area (Å²) in [5.41, 5.74) is 0.340. The fraction of sp³-hybridized carbons (Fsp3) is 0. The molecular weight excluding hydrogens is 164 g/mol. The van der Waals surface area contributed by atoms with Gasteiger partial charge >= 0.3 is 0 Å². The van der Waals surface area contributed by atoms with Crippen molar-refractivity contribution in [2.75, 3.05) is 0 Å². The van der Waals surface area contributed by atoms with Crippen LogP contribution in [-0.2, 0) is 0 Å². The third-order valence-corrected chi connectivity index (χ3v) is 1.68. The van der Waals surface area contributed by atoms with Crippen LogP contribution in [0.3, 0.4) is 0 Å². The predicted molar refractivity (Wildman–Crippen MR) is 49.8 cm³/mol. The lowest BCUT2D eigenvalue weighted by Crippen LogP contribution is -2.15. The number of hydrogen-bond donors (Lipinski definition) is 0. The first-order chi connectivity index (χ1) is 6.79. The molecule has 0 aliphatic carbocycles. The van der Waals surface area contributed by atoms with E-state index in [-0.39, 0.29) is 11.6 Å². The molecule has 0 fully saturated rings. The van der Waals surface area contributed by atoms with Crippen molar-refractivity contribution in [1.82, 2.24) is 9.55 Å². The largest absolute Gasteiger partial charge is 0.283 e. The van der Waals surface area contributed by atoms with Gasteiger partial charge in [0.25, 0.3) is 5.56 Å². The molecule has 0 amide bonds. The Morgan fingerprint density at radius 2 is 2.31 bits per heavy atom. The van der Waals surface area contributed by atoms with Crippen molar-refractivity contribution in [3.8, 4) is 5.69 Å². The molecule has 2 aromatic rings. The molecule has 0 aliphatic rings. The molecule has 0 bridgehead atoms. The van der Waals surface area contributed by atoms with E-state index in [1.807, 2.05) is 0 Å². The van der Waals surface area contributed by atoms with Gasteiger partial charge in [0.2, 0.25) is 0 Å². The summed E-state index contributed by atoms with van der Waals surface area (Å²) in [4.78, 5) is 15.4. The summed E-state index contributed by atoms with van der Waals surface area (Å²) in [5.74, 6) is 0. The Morgan fingerprint density at radius 3 is 3.08 bits per heavy atom. The maximum absolute atomic E-state index is 11.5. The molecule has 0 unspecified atom stereocenters. The van der Waals surface area contributed by atoms with Crippen LogP contribution in [0, 0.1) is 0 Å². The van der Waals surface area contributed by atoms with Gasteiger partial charge in [0.1, 0.15) is 0 Å². The van der Waals surface area contributed by atoms with Gasteiger partial charge in [-0.05, 0) is 18.2 Å². The lowest BCUT2D eigenvalue weighted by Gasteiger charge is -2.02. The molecule has 0 aliphatic heterocycles. The number of pyridine rings is 2. The quantitative estimate of drug-likeness (QED) is 0.650. The Labute approximate surface area is 76.7 Å². The van der Waals surface area contributed by atoms with Gasteiger partial charge in [0.15, 0.2) is 0 Å². The zero-order chi connectivity index (χ0) is 9.97. The van der Waals surface area contributed by atoms with E-state index in [1.165, 1.54) is 10.6 Å². The summed E-state index contributed by atoms with van der Waals surface area (Å²) in [6.45, 7) is 0. The number of nitrogens with zero attached hydrogens (tertiary/aromatic N) is 2. The van der Waals surface area contributed by atoms with Gasteiger partial charge in [-0.15, -0.1) is 0 Å². The van der Waals surface area contributed by atoms with Crippen molar-refractivity contribution < 1.29 is 1.37 Å². The van der Waals surface area contributed by atoms with E-state index in [2.05, 4.69) is 4.98 Å². The van der Waals surface area contributed by atoms with Crippen LogP contribution in [0.4, 0.5) is 0 Å². The normalized spacial score (nSPS) is 10.9. The molecule has 0 saturated heterocycles. The lowest BCUT2D eigenvalue weighted by atomic mass is 10.4. The van der Waals surface area contributed by atoms with Crippen LogP contribution in [0.2, 0.25) is 0 Å². The standard InChI is InChI=1S/C10H8N2O/c13-10-5-1-2-7-12(10)9-4-3-6-11-8-9/h1-8H/i5D. The summed E-state index contributed by atoms with van der Waals surface area (Å²) in [7, 11) is 0. The van der Waals surface area contributed by atoms with E-state index in [4.69, 9.17) is 1.37 Å². The first kappa shape index (κ1) is 6.60.